The number of fused-ring (bicyclic) bond motifs is 2. The van der Waals surface area contributed by atoms with Crippen LogP contribution in [0.2, 0.25) is 0 Å². The van der Waals surface area contributed by atoms with E-state index in [1.807, 2.05) is 30.3 Å². The van der Waals surface area contributed by atoms with Gasteiger partial charge in [-0.3, -0.25) is 23.6 Å². The summed E-state index contributed by atoms with van der Waals surface area (Å²) >= 11 is 1.72. The quantitative estimate of drug-likeness (QED) is 0.507. The van der Waals surface area contributed by atoms with Gasteiger partial charge in [-0.1, -0.05) is 30.0 Å². The molecule has 3 aromatic rings. The van der Waals surface area contributed by atoms with E-state index in [2.05, 4.69) is 26.8 Å². The lowest BCUT2D eigenvalue weighted by molar-refractivity contribution is -0.136. The highest BCUT2D eigenvalue weighted by Crippen LogP contribution is 2.48. The molecule has 1 saturated heterocycles. The molecule has 0 amide bonds. The molecule has 0 aliphatic carbocycles. The number of hydrogen-bond acceptors (Lipinski definition) is 7. The predicted octanol–water partition coefficient (Wildman–Crippen LogP) is 2.53. The van der Waals surface area contributed by atoms with Crippen LogP contribution in [0.15, 0.2) is 67.9 Å². The van der Waals surface area contributed by atoms with Gasteiger partial charge in [0, 0.05) is 62.7 Å². The summed E-state index contributed by atoms with van der Waals surface area (Å²) in [5.41, 5.74) is 2.43. The summed E-state index contributed by atoms with van der Waals surface area (Å²) in [6.07, 6.45) is 0.961. The van der Waals surface area contributed by atoms with Gasteiger partial charge in [-0.2, -0.15) is 0 Å². The van der Waals surface area contributed by atoms with E-state index in [-0.39, 0.29) is 17.7 Å². The molecule has 194 valence electrons. The first-order valence-electron chi connectivity index (χ1n) is 12.5. The molecule has 0 unspecified atom stereocenters. The molecule has 0 saturated carbocycles. The fraction of sp³-hybridized carbons (Fsp3) is 0.370. The first-order valence-corrected chi connectivity index (χ1v) is 13.3. The van der Waals surface area contributed by atoms with E-state index in [0.717, 1.165) is 72.1 Å². The van der Waals surface area contributed by atoms with Crippen LogP contribution in [0.4, 0.5) is 17.2 Å². The van der Waals surface area contributed by atoms with Gasteiger partial charge in [0.1, 0.15) is 5.82 Å². The van der Waals surface area contributed by atoms with Crippen molar-refractivity contribution in [3.63, 3.8) is 0 Å². The number of carbonyl (C=O) groups is 1. The van der Waals surface area contributed by atoms with Crippen molar-refractivity contribution in [1.82, 2.24) is 14.0 Å². The van der Waals surface area contributed by atoms with Gasteiger partial charge in [0.2, 0.25) is 0 Å². The molecule has 0 bridgehead atoms. The van der Waals surface area contributed by atoms with E-state index in [9.17, 15) is 19.5 Å². The molecule has 0 spiro atoms. The maximum atomic E-state index is 12.3. The molecular weight excluding hydrogens is 490 g/mol. The Labute approximate surface area is 219 Å². The third-order valence-corrected chi connectivity index (χ3v) is 8.23. The van der Waals surface area contributed by atoms with Crippen LogP contribution in [0, 0.1) is 0 Å². The molecule has 37 heavy (non-hydrogen) atoms. The van der Waals surface area contributed by atoms with Crippen molar-refractivity contribution in [3.05, 3.63) is 74.9 Å². The number of carboxylic acid groups (broad SMARTS) is 1. The van der Waals surface area contributed by atoms with Gasteiger partial charge >= 0.3 is 11.7 Å². The summed E-state index contributed by atoms with van der Waals surface area (Å²) in [6.45, 7) is 4.98. The largest absolute Gasteiger partial charge is 0.481 e. The molecule has 2 aliphatic heterocycles. The lowest BCUT2D eigenvalue weighted by Crippen LogP contribution is -2.49. The Hall–Kier alpha value is -3.50. The second-order valence-electron chi connectivity index (χ2n) is 9.52. The molecule has 5 rings (SSSR count). The Balaban J connectivity index is 1.25. The van der Waals surface area contributed by atoms with Gasteiger partial charge in [-0.25, -0.2) is 4.79 Å². The maximum Gasteiger partial charge on any atom is 0.332 e. The minimum absolute atomic E-state index is 0.0107. The standard InChI is InChI=1S/C27H31N5O4S/c1-28-24(18-25(33)29(2)27(28)36)31-14-12-30(13-15-31)10-5-11-32-20-6-3-4-7-22(20)37-23-9-8-19(16-21(23)32)17-26(34)35/h3-4,6-9,16,18H,5,10-15,17H2,1-2H3,(H,34,35). The number of aromatic nitrogens is 2. The third-order valence-electron chi connectivity index (χ3n) is 7.10. The van der Waals surface area contributed by atoms with E-state index in [1.165, 1.54) is 11.9 Å². The van der Waals surface area contributed by atoms with Crippen molar-refractivity contribution in [2.24, 2.45) is 14.1 Å². The van der Waals surface area contributed by atoms with Gasteiger partial charge in [-0.15, -0.1) is 0 Å². The van der Waals surface area contributed by atoms with Crippen LogP contribution < -0.4 is 21.0 Å². The average Bonchev–Trinajstić information content (AvgIpc) is 2.89. The lowest BCUT2D eigenvalue weighted by atomic mass is 10.1. The van der Waals surface area contributed by atoms with E-state index in [4.69, 9.17) is 0 Å². The second kappa shape index (κ2) is 10.5. The molecule has 0 radical (unpaired) electrons. The molecule has 2 aliphatic rings. The fourth-order valence-electron chi connectivity index (χ4n) is 5.08. The molecule has 9 nitrogen and oxygen atoms in total. The van der Waals surface area contributed by atoms with Crippen molar-refractivity contribution in [3.8, 4) is 0 Å². The van der Waals surface area contributed by atoms with Crippen LogP contribution in [-0.2, 0) is 25.3 Å². The Kier molecular flexibility index (Phi) is 7.12. The monoisotopic (exact) mass is 521 g/mol. The number of piperazine rings is 1. The summed E-state index contributed by atoms with van der Waals surface area (Å²) in [5.74, 6) is -0.158. The van der Waals surface area contributed by atoms with Gasteiger partial charge in [0.05, 0.1) is 17.8 Å². The highest BCUT2D eigenvalue weighted by atomic mass is 32.2. The Morgan fingerprint density at radius 1 is 0.892 bits per heavy atom. The van der Waals surface area contributed by atoms with E-state index in [0.29, 0.717) is 5.82 Å². The zero-order valence-corrected chi connectivity index (χ0v) is 21.9. The van der Waals surface area contributed by atoms with E-state index in [1.54, 1.807) is 29.4 Å². The normalized spacial score (nSPS) is 15.4. The summed E-state index contributed by atoms with van der Waals surface area (Å²) < 4.78 is 2.67. The van der Waals surface area contributed by atoms with Crippen molar-refractivity contribution >= 4 is 34.9 Å². The van der Waals surface area contributed by atoms with Crippen LogP contribution in [-0.4, -0.2) is 64.4 Å². The van der Waals surface area contributed by atoms with Gasteiger partial charge in [-0.05, 0) is 42.8 Å². The number of nitrogens with zero attached hydrogens (tertiary/aromatic N) is 5. The number of rotatable bonds is 7. The molecule has 0 atom stereocenters. The predicted molar refractivity (Wildman–Crippen MR) is 146 cm³/mol. The topological polar surface area (TPSA) is 91.0 Å². The van der Waals surface area contributed by atoms with Crippen LogP contribution >= 0.6 is 11.8 Å². The van der Waals surface area contributed by atoms with E-state index < -0.39 is 5.97 Å². The van der Waals surface area contributed by atoms with Crippen molar-refractivity contribution in [1.29, 1.82) is 0 Å². The van der Waals surface area contributed by atoms with Gasteiger partial charge < -0.3 is 14.9 Å². The Morgan fingerprint density at radius 2 is 1.62 bits per heavy atom. The van der Waals surface area contributed by atoms with Crippen LogP contribution in [0.1, 0.15) is 12.0 Å². The molecule has 1 fully saturated rings. The SMILES string of the molecule is Cn1c(N2CCN(CCCN3c4ccccc4Sc4ccc(CC(=O)O)cc43)CC2)cc(=O)n(C)c1=O. The molecule has 2 aromatic carbocycles. The molecule has 1 N–H and O–H groups in total. The summed E-state index contributed by atoms with van der Waals surface area (Å²) in [6, 6.07) is 15.8. The Bertz CT molecular complexity index is 1440. The number of para-hydroxylation sites is 1. The number of benzene rings is 2. The lowest BCUT2D eigenvalue weighted by Gasteiger charge is -2.37. The average molecular weight is 522 g/mol. The molecule has 3 heterocycles. The smallest absolute Gasteiger partial charge is 0.332 e. The summed E-state index contributed by atoms with van der Waals surface area (Å²) in [4.78, 5) is 44.9. The Morgan fingerprint density at radius 3 is 2.38 bits per heavy atom. The fourth-order valence-corrected chi connectivity index (χ4v) is 6.15. The van der Waals surface area contributed by atoms with Crippen molar-refractivity contribution in [2.75, 3.05) is 49.1 Å². The third kappa shape index (κ3) is 5.17. The molecule has 10 heteroatoms. The van der Waals surface area contributed by atoms with Gasteiger partial charge in [0.15, 0.2) is 0 Å². The zero-order valence-electron chi connectivity index (χ0n) is 21.1. The van der Waals surface area contributed by atoms with Crippen molar-refractivity contribution < 1.29 is 9.90 Å². The van der Waals surface area contributed by atoms with Crippen LogP contribution in [0.5, 0.6) is 0 Å². The number of anilines is 3. The second-order valence-corrected chi connectivity index (χ2v) is 10.6. The highest BCUT2D eigenvalue weighted by molar-refractivity contribution is 7.99. The minimum Gasteiger partial charge on any atom is -0.481 e. The number of hydrogen-bond donors (Lipinski definition) is 1. The van der Waals surface area contributed by atoms with Crippen LogP contribution in [0.25, 0.3) is 0 Å². The van der Waals surface area contributed by atoms with Crippen LogP contribution in [0.3, 0.4) is 0 Å². The number of aliphatic carboxylic acids is 1. The van der Waals surface area contributed by atoms with E-state index >= 15 is 0 Å². The van der Waals surface area contributed by atoms with Gasteiger partial charge in [0.25, 0.3) is 5.56 Å². The number of carboxylic acids is 1. The molecule has 1 aromatic heterocycles. The first kappa shape index (κ1) is 25.2. The first-order chi connectivity index (χ1) is 17.8. The van der Waals surface area contributed by atoms with Crippen molar-refractivity contribution in [2.45, 2.75) is 22.6 Å². The summed E-state index contributed by atoms with van der Waals surface area (Å²) in [7, 11) is 3.20. The minimum atomic E-state index is -0.828. The summed E-state index contributed by atoms with van der Waals surface area (Å²) in [5, 5.41) is 9.27. The zero-order chi connectivity index (χ0) is 26.1. The highest BCUT2D eigenvalue weighted by Gasteiger charge is 2.25. The molecular formula is C27H31N5O4S. The maximum absolute atomic E-state index is 12.3.